The maximum absolute atomic E-state index is 12.0. The molecule has 2 N–H and O–H groups in total. The summed E-state index contributed by atoms with van der Waals surface area (Å²) in [7, 11) is 0. The zero-order valence-electron chi connectivity index (χ0n) is 9.70. The van der Waals surface area contributed by atoms with E-state index >= 15 is 0 Å². The van der Waals surface area contributed by atoms with E-state index in [1.807, 2.05) is 6.92 Å². The lowest BCUT2D eigenvalue weighted by Crippen LogP contribution is -2.46. The summed E-state index contributed by atoms with van der Waals surface area (Å²) in [5, 5.41) is 12.2. The Balaban J connectivity index is 2.44. The fourth-order valence-corrected chi connectivity index (χ4v) is 2.01. The van der Waals surface area contributed by atoms with Crippen LogP contribution in [-0.4, -0.2) is 48.2 Å². The number of carbonyl (C=O) groups is 1. The molecule has 1 rings (SSSR count). The number of piperidine rings is 1. The SMILES string of the molecule is CCN(CCO)C(=O)C1CCC(C)NC1. The molecule has 15 heavy (non-hydrogen) atoms. The summed E-state index contributed by atoms with van der Waals surface area (Å²) in [4.78, 5) is 13.7. The summed E-state index contributed by atoms with van der Waals surface area (Å²) in [6.45, 7) is 6.07. The number of aliphatic hydroxyl groups excluding tert-OH is 1. The smallest absolute Gasteiger partial charge is 0.227 e. The fourth-order valence-electron chi connectivity index (χ4n) is 2.01. The highest BCUT2D eigenvalue weighted by Gasteiger charge is 2.26. The lowest BCUT2D eigenvalue weighted by atomic mass is 9.94. The van der Waals surface area contributed by atoms with E-state index < -0.39 is 0 Å². The number of hydrogen-bond acceptors (Lipinski definition) is 3. The van der Waals surface area contributed by atoms with E-state index in [9.17, 15) is 4.79 Å². The topological polar surface area (TPSA) is 52.6 Å². The molecule has 1 aliphatic heterocycles. The molecule has 88 valence electrons. The lowest BCUT2D eigenvalue weighted by molar-refractivity contribution is -0.136. The number of hydrogen-bond donors (Lipinski definition) is 2. The van der Waals surface area contributed by atoms with Crippen LogP contribution in [0, 0.1) is 5.92 Å². The molecule has 1 amide bonds. The molecular formula is C11H22N2O2. The van der Waals surface area contributed by atoms with Crippen molar-refractivity contribution in [2.75, 3.05) is 26.2 Å². The van der Waals surface area contributed by atoms with Crippen molar-refractivity contribution < 1.29 is 9.90 Å². The maximum atomic E-state index is 12.0. The van der Waals surface area contributed by atoms with E-state index in [1.165, 1.54) is 0 Å². The molecule has 1 fully saturated rings. The average Bonchev–Trinajstić information content (AvgIpc) is 2.26. The van der Waals surface area contributed by atoms with Crippen LogP contribution >= 0.6 is 0 Å². The minimum absolute atomic E-state index is 0.0517. The first-order valence-electron chi connectivity index (χ1n) is 5.82. The average molecular weight is 214 g/mol. The second-order valence-electron chi connectivity index (χ2n) is 4.23. The number of amides is 1. The van der Waals surface area contributed by atoms with E-state index in [4.69, 9.17) is 5.11 Å². The Kier molecular flexibility index (Phi) is 5.05. The van der Waals surface area contributed by atoms with Crippen molar-refractivity contribution in [3.63, 3.8) is 0 Å². The Bertz CT molecular complexity index is 201. The monoisotopic (exact) mass is 214 g/mol. The number of carbonyl (C=O) groups excluding carboxylic acids is 1. The molecule has 1 heterocycles. The summed E-state index contributed by atoms with van der Waals surface area (Å²) >= 11 is 0. The highest BCUT2D eigenvalue weighted by atomic mass is 16.3. The molecule has 0 radical (unpaired) electrons. The van der Waals surface area contributed by atoms with Crippen LogP contribution in [0.3, 0.4) is 0 Å². The number of aliphatic hydroxyl groups is 1. The highest BCUT2D eigenvalue weighted by Crippen LogP contribution is 2.16. The van der Waals surface area contributed by atoms with Gasteiger partial charge in [0.15, 0.2) is 0 Å². The predicted octanol–water partition coefficient (Wildman–Crippen LogP) is 0.215. The van der Waals surface area contributed by atoms with Gasteiger partial charge in [0, 0.05) is 25.7 Å². The van der Waals surface area contributed by atoms with Gasteiger partial charge < -0.3 is 15.3 Å². The fraction of sp³-hybridized carbons (Fsp3) is 0.909. The predicted molar refractivity (Wildman–Crippen MR) is 59.5 cm³/mol. The van der Waals surface area contributed by atoms with Crippen LogP contribution in [0.4, 0.5) is 0 Å². The van der Waals surface area contributed by atoms with E-state index in [-0.39, 0.29) is 18.4 Å². The van der Waals surface area contributed by atoms with E-state index in [0.717, 1.165) is 19.4 Å². The third-order valence-corrected chi connectivity index (χ3v) is 3.07. The molecule has 0 saturated carbocycles. The Labute approximate surface area is 91.6 Å². The van der Waals surface area contributed by atoms with Crippen LogP contribution < -0.4 is 5.32 Å². The van der Waals surface area contributed by atoms with Crippen molar-refractivity contribution in [1.82, 2.24) is 10.2 Å². The van der Waals surface area contributed by atoms with Gasteiger partial charge in [0.25, 0.3) is 0 Å². The molecule has 0 aromatic rings. The Morgan fingerprint density at radius 3 is 2.73 bits per heavy atom. The largest absolute Gasteiger partial charge is 0.395 e. The molecule has 1 saturated heterocycles. The molecule has 1 aliphatic rings. The third-order valence-electron chi connectivity index (χ3n) is 3.07. The van der Waals surface area contributed by atoms with Crippen LogP contribution in [-0.2, 0) is 4.79 Å². The normalized spacial score (nSPS) is 26.3. The van der Waals surface area contributed by atoms with Crippen molar-refractivity contribution in [2.45, 2.75) is 32.7 Å². The summed E-state index contributed by atoms with van der Waals surface area (Å²) in [6.07, 6.45) is 2.03. The van der Waals surface area contributed by atoms with Gasteiger partial charge in [-0.3, -0.25) is 4.79 Å². The first kappa shape index (κ1) is 12.5. The van der Waals surface area contributed by atoms with E-state index in [2.05, 4.69) is 12.2 Å². The van der Waals surface area contributed by atoms with Crippen molar-refractivity contribution in [2.24, 2.45) is 5.92 Å². The highest BCUT2D eigenvalue weighted by molar-refractivity contribution is 5.79. The molecule has 4 heteroatoms. The molecule has 0 spiro atoms. The number of rotatable bonds is 4. The van der Waals surface area contributed by atoms with E-state index in [1.54, 1.807) is 4.90 Å². The second kappa shape index (κ2) is 6.08. The van der Waals surface area contributed by atoms with Crippen molar-refractivity contribution in [3.8, 4) is 0 Å². The van der Waals surface area contributed by atoms with Gasteiger partial charge >= 0.3 is 0 Å². The summed E-state index contributed by atoms with van der Waals surface area (Å²) in [6, 6.07) is 0.530. The summed E-state index contributed by atoms with van der Waals surface area (Å²) in [5.74, 6) is 0.290. The van der Waals surface area contributed by atoms with Gasteiger partial charge in [0.1, 0.15) is 0 Å². The molecule has 2 unspecified atom stereocenters. The van der Waals surface area contributed by atoms with E-state index in [0.29, 0.717) is 19.1 Å². The summed E-state index contributed by atoms with van der Waals surface area (Å²) < 4.78 is 0. The molecule has 0 aliphatic carbocycles. The van der Waals surface area contributed by atoms with Crippen LogP contribution in [0.25, 0.3) is 0 Å². The Morgan fingerprint density at radius 1 is 1.53 bits per heavy atom. The molecule has 0 bridgehead atoms. The van der Waals surface area contributed by atoms with Crippen LogP contribution in [0.2, 0.25) is 0 Å². The first-order chi connectivity index (χ1) is 7.19. The number of nitrogens with one attached hydrogen (secondary N) is 1. The van der Waals surface area contributed by atoms with Gasteiger partial charge in [-0.15, -0.1) is 0 Å². The maximum Gasteiger partial charge on any atom is 0.227 e. The van der Waals surface area contributed by atoms with Crippen molar-refractivity contribution in [1.29, 1.82) is 0 Å². The molecule has 2 atom stereocenters. The van der Waals surface area contributed by atoms with Gasteiger partial charge in [0.2, 0.25) is 5.91 Å². The zero-order valence-corrected chi connectivity index (χ0v) is 9.70. The molecule has 4 nitrogen and oxygen atoms in total. The minimum atomic E-state index is 0.0517. The Hall–Kier alpha value is -0.610. The minimum Gasteiger partial charge on any atom is -0.395 e. The molecule has 0 aromatic heterocycles. The molecular weight excluding hydrogens is 192 g/mol. The van der Waals surface area contributed by atoms with Crippen LogP contribution in [0.5, 0.6) is 0 Å². The lowest BCUT2D eigenvalue weighted by Gasteiger charge is -2.31. The van der Waals surface area contributed by atoms with Gasteiger partial charge in [0.05, 0.1) is 12.5 Å². The third kappa shape index (κ3) is 3.47. The van der Waals surface area contributed by atoms with Crippen molar-refractivity contribution >= 4 is 5.91 Å². The summed E-state index contributed by atoms with van der Waals surface area (Å²) in [5.41, 5.74) is 0. The number of nitrogens with zero attached hydrogens (tertiary/aromatic N) is 1. The quantitative estimate of drug-likeness (QED) is 0.703. The number of likely N-dealkylation sites (N-methyl/N-ethyl adjacent to an activating group) is 1. The van der Waals surface area contributed by atoms with Crippen LogP contribution in [0.1, 0.15) is 26.7 Å². The molecule has 0 aromatic carbocycles. The standard InChI is InChI=1S/C11H22N2O2/c1-3-13(6-7-14)11(15)10-5-4-9(2)12-8-10/h9-10,12,14H,3-8H2,1-2H3. The van der Waals surface area contributed by atoms with Gasteiger partial charge in [-0.05, 0) is 26.7 Å². The second-order valence-corrected chi connectivity index (χ2v) is 4.23. The first-order valence-corrected chi connectivity index (χ1v) is 5.82. The van der Waals surface area contributed by atoms with Crippen LogP contribution in [0.15, 0.2) is 0 Å². The zero-order chi connectivity index (χ0) is 11.3. The van der Waals surface area contributed by atoms with Crippen molar-refractivity contribution in [3.05, 3.63) is 0 Å². The Morgan fingerprint density at radius 2 is 2.27 bits per heavy atom. The van der Waals surface area contributed by atoms with Gasteiger partial charge in [-0.25, -0.2) is 0 Å². The van der Waals surface area contributed by atoms with Gasteiger partial charge in [-0.1, -0.05) is 0 Å². The van der Waals surface area contributed by atoms with Gasteiger partial charge in [-0.2, -0.15) is 0 Å².